The summed E-state index contributed by atoms with van der Waals surface area (Å²) in [4.78, 5) is 12.0. The Morgan fingerprint density at radius 1 is 1.05 bits per heavy atom. The Hall–Kier alpha value is -4.65. The first-order valence-corrected chi connectivity index (χ1v) is 12.5. The Morgan fingerprint density at radius 2 is 1.78 bits per heavy atom. The Labute approximate surface area is 232 Å². The van der Waals surface area contributed by atoms with Crippen molar-refractivity contribution in [3.05, 3.63) is 101 Å². The van der Waals surface area contributed by atoms with E-state index in [4.69, 9.17) is 15.9 Å². The second kappa shape index (κ2) is 12.7. The molecule has 0 aliphatic heterocycles. The fraction of sp³-hybridized carbons (Fsp3) is 0.214. The average Bonchev–Trinajstić information content (AvgIpc) is 2.93. The summed E-state index contributed by atoms with van der Waals surface area (Å²) in [6.45, 7) is 1.97. The fourth-order valence-electron chi connectivity index (χ4n) is 3.93. The summed E-state index contributed by atoms with van der Waals surface area (Å²) in [7, 11) is 0. The minimum absolute atomic E-state index is 0.0361. The van der Waals surface area contributed by atoms with Crippen molar-refractivity contribution in [1.82, 2.24) is 15.0 Å². The summed E-state index contributed by atoms with van der Waals surface area (Å²) < 4.78 is 73.8. The average molecular weight is 572 g/mol. The van der Waals surface area contributed by atoms with E-state index in [2.05, 4.69) is 25.6 Å². The van der Waals surface area contributed by atoms with Gasteiger partial charge < -0.3 is 21.1 Å². The van der Waals surface area contributed by atoms with Crippen LogP contribution in [0.2, 0.25) is 0 Å². The summed E-state index contributed by atoms with van der Waals surface area (Å²) in [6, 6.07) is 11.0. The summed E-state index contributed by atoms with van der Waals surface area (Å²) in [6.07, 6.45) is -1.84. The molecule has 4 rings (SSSR count). The smallest absolute Gasteiger partial charge is 0.433 e. The maximum atomic E-state index is 14.6. The van der Waals surface area contributed by atoms with E-state index >= 15 is 0 Å². The van der Waals surface area contributed by atoms with Gasteiger partial charge in [0, 0.05) is 59.1 Å². The van der Waals surface area contributed by atoms with Gasteiger partial charge in [0.1, 0.15) is 34.6 Å². The van der Waals surface area contributed by atoms with Crippen LogP contribution in [0.15, 0.2) is 60.9 Å². The van der Waals surface area contributed by atoms with Crippen molar-refractivity contribution >= 4 is 22.9 Å². The first-order chi connectivity index (χ1) is 19.6. The van der Waals surface area contributed by atoms with Gasteiger partial charge in [0.15, 0.2) is 5.82 Å². The molecule has 0 aliphatic rings. The van der Waals surface area contributed by atoms with Crippen LogP contribution >= 0.6 is 0 Å². The van der Waals surface area contributed by atoms with Gasteiger partial charge in [-0.3, -0.25) is 10.4 Å². The molecule has 0 unspecified atom stereocenters. The molecule has 214 valence electrons. The Kier molecular flexibility index (Phi) is 9.07. The van der Waals surface area contributed by atoms with Crippen LogP contribution < -0.4 is 21.1 Å². The number of nitrogens with zero attached hydrogens (tertiary/aromatic N) is 3. The topological polar surface area (TPSA) is 122 Å². The lowest BCUT2D eigenvalue weighted by atomic mass is 10.1. The zero-order chi connectivity index (χ0) is 29.6. The van der Waals surface area contributed by atoms with Crippen molar-refractivity contribution in [3.8, 4) is 5.75 Å². The number of alkyl halides is 3. The SMILES string of the molecule is CCOc1cc(F)c(CNc2ccccc2C(=N)c2ncc(CCN)c(Nc3ccnc(C(F)(F)F)c3)n2)c(F)c1. The number of hydrogen-bond donors (Lipinski definition) is 4. The van der Waals surface area contributed by atoms with E-state index in [0.29, 0.717) is 23.2 Å². The van der Waals surface area contributed by atoms with Crippen molar-refractivity contribution in [2.24, 2.45) is 5.73 Å². The number of halogens is 5. The van der Waals surface area contributed by atoms with E-state index in [1.165, 1.54) is 12.3 Å². The lowest BCUT2D eigenvalue weighted by Gasteiger charge is -2.16. The van der Waals surface area contributed by atoms with Crippen molar-refractivity contribution in [3.63, 3.8) is 0 Å². The number of pyridine rings is 1. The molecule has 0 fully saturated rings. The quantitative estimate of drug-likeness (QED) is 0.132. The maximum absolute atomic E-state index is 14.6. The Balaban J connectivity index is 1.61. The molecule has 2 heterocycles. The lowest BCUT2D eigenvalue weighted by Crippen LogP contribution is -2.15. The molecule has 0 saturated carbocycles. The molecule has 0 amide bonds. The predicted molar refractivity (Wildman–Crippen MR) is 145 cm³/mol. The highest BCUT2D eigenvalue weighted by Crippen LogP contribution is 2.30. The molecule has 2 aromatic carbocycles. The first kappa shape index (κ1) is 29.3. The second-order valence-electron chi connectivity index (χ2n) is 8.73. The number of rotatable bonds is 11. The van der Waals surface area contributed by atoms with Crippen molar-refractivity contribution < 1.29 is 26.7 Å². The third kappa shape index (κ3) is 7.11. The van der Waals surface area contributed by atoms with Crippen LogP contribution in [0.1, 0.15) is 35.1 Å². The van der Waals surface area contributed by atoms with E-state index in [-0.39, 0.29) is 54.1 Å². The number of ether oxygens (including phenoxy) is 1. The van der Waals surface area contributed by atoms with Gasteiger partial charge >= 0.3 is 6.18 Å². The van der Waals surface area contributed by atoms with E-state index in [9.17, 15) is 22.0 Å². The normalized spacial score (nSPS) is 11.3. The molecule has 41 heavy (non-hydrogen) atoms. The summed E-state index contributed by atoms with van der Waals surface area (Å²) in [5, 5.41) is 14.6. The van der Waals surface area contributed by atoms with Gasteiger partial charge in [0.05, 0.1) is 6.61 Å². The summed E-state index contributed by atoms with van der Waals surface area (Å²) >= 11 is 0. The van der Waals surface area contributed by atoms with Gasteiger partial charge in [-0.25, -0.2) is 18.7 Å². The number of nitrogens with two attached hydrogens (primary N) is 1. The van der Waals surface area contributed by atoms with E-state index in [1.54, 1.807) is 31.2 Å². The van der Waals surface area contributed by atoms with Crippen molar-refractivity contribution in [2.45, 2.75) is 26.1 Å². The lowest BCUT2D eigenvalue weighted by molar-refractivity contribution is -0.141. The molecule has 5 N–H and O–H groups in total. The van der Waals surface area contributed by atoms with Crippen LogP contribution in [0.3, 0.4) is 0 Å². The number of nitrogens with one attached hydrogen (secondary N) is 3. The Bertz CT molecular complexity index is 1520. The number of benzene rings is 2. The highest BCUT2D eigenvalue weighted by molar-refractivity contribution is 6.12. The molecular weight excluding hydrogens is 545 g/mol. The fourth-order valence-corrected chi connectivity index (χ4v) is 3.93. The van der Waals surface area contributed by atoms with Crippen LogP contribution in [0, 0.1) is 17.0 Å². The highest BCUT2D eigenvalue weighted by Gasteiger charge is 2.32. The molecule has 4 aromatic rings. The molecule has 0 spiro atoms. The first-order valence-electron chi connectivity index (χ1n) is 12.5. The molecule has 8 nitrogen and oxygen atoms in total. The summed E-state index contributed by atoms with van der Waals surface area (Å²) in [5.74, 6) is -1.35. The van der Waals surface area contributed by atoms with E-state index in [0.717, 1.165) is 24.4 Å². The van der Waals surface area contributed by atoms with Gasteiger partial charge in [-0.15, -0.1) is 0 Å². The Morgan fingerprint density at radius 3 is 2.46 bits per heavy atom. The van der Waals surface area contributed by atoms with Gasteiger partial charge in [0.25, 0.3) is 0 Å². The predicted octanol–water partition coefficient (Wildman–Crippen LogP) is 5.84. The van der Waals surface area contributed by atoms with Gasteiger partial charge in [-0.1, -0.05) is 18.2 Å². The molecular formula is C28H26F5N7O. The van der Waals surface area contributed by atoms with E-state index < -0.39 is 23.5 Å². The van der Waals surface area contributed by atoms with Crippen molar-refractivity contribution in [2.75, 3.05) is 23.8 Å². The number of hydrogen-bond acceptors (Lipinski definition) is 8. The third-order valence-corrected chi connectivity index (χ3v) is 5.89. The van der Waals surface area contributed by atoms with Crippen LogP contribution in [-0.2, 0) is 19.1 Å². The molecule has 2 aromatic heterocycles. The number of aromatic nitrogens is 3. The van der Waals surface area contributed by atoms with Crippen LogP contribution in [-0.4, -0.2) is 33.8 Å². The van der Waals surface area contributed by atoms with Crippen LogP contribution in [0.4, 0.5) is 39.1 Å². The monoisotopic (exact) mass is 571 g/mol. The van der Waals surface area contributed by atoms with Crippen molar-refractivity contribution in [1.29, 1.82) is 5.41 Å². The molecule has 13 heteroatoms. The zero-order valence-corrected chi connectivity index (χ0v) is 21.8. The summed E-state index contributed by atoms with van der Waals surface area (Å²) in [5.41, 5.74) is 5.60. The minimum atomic E-state index is -4.63. The second-order valence-corrected chi connectivity index (χ2v) is 8.73. The van der Waals surface area contributed by atoms with Gasteiger partial charge in [-0.05, 0) is 38.1 Å². The molecule has 0 bridgehead atoms. The van der Waals surface area contributed by atoms with Gasteiger partial charge in [-0.2, -0.15) is 13.2 Å². The highest BCUT2D eigenvalue weighted by atomic mass is 19.4. The van der Waals surface area contributed by atoms with Crippen LogP contribution in [0.25, 0.3) is 0 Å². The number of para-hydroxylation sites is 1. The largest absolute Gasteiger partial charge is 0.494 e. The zero-order valence-electron chi connectivity index (χ0n) is 21.8. The van der Waals surface area contributed by atoms with Crippen LogP contribution in [0.5, 0.6) is 5.75 Å². The van der Waals surface area contributed by atoms with Gasteiger partial charge in [0.2, 0.25) is 0 Å². The number of anilines is 3. The molecule has 0 radical (unpaired) electrons. The molecule has 0 aliphatic carbocycles. The third-order valence-electron chi connectivity index (χ3n) is 5.89. The van der Waals surface area contributed by atoms with E-state index in [1.807, 2.05) is 0 Å². The maximum Gasteiger partial charge on any atom is 0.433 e. The molecule has 0 saturated heterocycles. The standard InChI is InChI=1S/C28H26F5N7O/c1-2-41-18-12-21(29)20(22(30)13-18)15-37-23-6-4-3-5-19(23)25(35)27-38-14-16(7-9-34)26(40-27)39-17-8-10-36-24(11-17)28(31,32)33/h3-6,8,10-14,35,37H,2,7,9,15,34H2,1H3,(H,36,38,39,40). The molecule has 0 atom stereocenters. The minimum Gasteiger partial charge on any atom is -0.494 e.